The molecule has 1 heterocycles. The van der Waals surface area contributed by atoms with Crippen LogP contribution in [0, 0.1) is 0 Å². The average Bonchev–Trinajstić information content (AvgIpc) is 2.18. The van der Waals surface area contributed by atoms with Crippen LogP contribution in [-0.2, 0) is 4.74 Å². The van der Waals surface area contributed by atoms with Crippen LogP contribution in [0.3, 0.4) is 0 Å². The molecule has 88 valence electrons. The first kappa shape index (κ1) is 12.1. The molecule has 0 bridgehead atoms. The second-order valence-electron chi connectivity index (χ2n) is 2.66. The molecule has 0 spiro atoms. The molecule has 0 atom stereocenters. The van der Waals surface area contributed by atoms with E-state index >= 15 is 0 Å². The maximum atomic E-state index is 11.8. The van der Waals surface area contributed by atoms with E-state index in [4.69, 9.17) is 5.73 Å². The van der Waals surface area contributed by atoms with Gasteiger partial charge in [0.05, 0.1) is 18.4 Å². The number of nitrogens with zero attached hydrogens (tertiary/aromatic N) is 1. The number of carbonyl (C=O) groups excluding carboxylic acids is 1. The standard InChI is InChI=1S/C8H7F3N2O3/c1-15-7(14)4-2-5(12)6(13-3-4)16-8(9,10)11/h2-3H,12H2,1H3. The number of nitrogens with two attached hydrogens (primary N) is 1. The fourth-order valence-corrected chi connectivity index (χ4v) is 0.894. The minimum absolute atomic E-state index is 0.0606. The molecule has 8 heteroatoms. The lowest BCUT2D eigenvalue weighted by Crippen LogP contribution is -2.19. The van der Waals surface area contributed by atoms with Gasteiger partial charge in [-0.2, -0.15) is 0 Å². The highest BCUT2D eigenvalue weighted by Crippen LogP contribution is 2.26. The van der Waals surface area contributed by atoms with Gasteiger partial charge in [-0.1, -0.05) is 0 Å². The largest absolute Gasteiger partial charge is 0.574 e. The second-order valence-corrected chi connectivity index (χ2v) is 2.66. The summed E-state index contributed by atoms with van der Waals surface area (Å²) in [5.41, 5.74) is 4.76. The molecule has 0 saturated heterocycles. The number of alkyl halides is 3. The van der Waals surface area contributed by atoms with Crippen molar-refractivity contribution in [3.8, 4) is 5.88 Å². The summed E-state index contributed by atoms with van der Waals surface area (Å²) in [7, 11) is 1.12. The van der Waals surface area contributed by atoms with Crippen LogP contribution in [0.25, 0.3) is 0 Å². The summed E-state index contributed by atoms with van der Waals surface area (Å²) < 4.78 is 43.4. The van der Waals surface area contributed by atoms with E-state index < -0.39 is 23.9 Å². The van der Waals surface area contributed by atoms with E-state index in [1.165, 1.54) is 0 Å². The molecule has 1 aromatic heterocycles. The first-order valence-corrected chi connectivity index (χ1v) is 3.93. The monoisotopic (exact) mass is 236 g/mol. The summed E-state index contributed by atoms with van der Waals surface area (Å²) in [5.74, 6) is -1.56. The molecule has 0 aromatic carbocycles. The van der Waals surface area contributed by atoms with E-state index in [1.54, 1.807) is 0 Å². The summed E-state index contributed by atoms with van der Waals surface area (Å²) >= 11 is 0. The van der Waals surface area contributed by atoms with Gasteiger partial charge in [0.25, 0.3) is 0 Å². The van der Waals surface area contributed by atoms with Gasteiger partial charge in [-0.25, -0.2) is 9.78 Å². The Bertz CT molecular complexity index is 406. The molecule has 0 aliphatic carbocycles. The molecular formula is C8H7F3N2O3. The molecule has 16 heavy (non-hydrogen) atoms. The van der Waals surface area contributed by atoms with Gasteiger partial charge in [0, 0.05) is 6.20 Å². The number of hydrogen-bond acceptors (Lipinski definition) is 5. The highest BCUT2D eigenvalue weighted by molar-refractivity contribution is 5.90. The molecule has 0 radical (unpaired) electrons. The molecule has 5 nitrogen and oxygen atoms in total. The van der Waals surface area contributed by atoms with Gasteiger partial charge >= 0.3 is 12.3 Å². The smallest absolute Gasteiger partial charge is 0.465 e. The number of nitrogen functional groups attached to an aromatic ring is 1. The number of hydrogen-bond donors (Lipinski definition) is 1. The van der Waals surface area contributed by atoms with E-state index in [0.717, 1.165) is 19.4 Å². The van der Waals surface area contributed by atoms with Gasteiger partial charge in [0.2, 0.25) is 5.88 Å². The number of halogens is 3. The summed E-state index contributed by atoms with van der Waals surface area (Å²) in [5, 5.41) is 0. The van der Waals surface area contributed by atoms with Gasteiger partial charge in [-0.15, -0.1) is 13.2 Å². The van der Waals surface area contributed by atoms with E-state index in [0.29, 0.717) is 0 Å². The van der Waals surface area contributed by atoms with Crippen LogP contribution < -0.4 is 10.5 Å². The number of aromatic nitrogens is 1. The first-order valence-electron chi connectivity index (χ1n) is 3.93. The average molecular weight is 236 g/mol. The van der Waals surface area contributed by atoms with Crippen LogP contribution in [0.5, 0.6) is 5.88 Å². The third-order valence-corrected chi connectivity index (χ3v) is 1.51. The van der Waals surface area contributed by atoms with E-state index in [1.807, 2.05) is 0 Å². The summed E-state index contributed by atoms with van der Waals surface area (Å²) in [6.07, 6.45) is -4.00. The predicted octanol–water partition coefficient (Wildman–Crippen LogP) is 1.35. The molecular weight excluding hydrogens is 229 g/mol. The Morgan fingerprint density at radius 1 is 1.50 bits per heavy atom. The molecule has 0 saturated carbocycles. The Balaban J connectivity index is 2.96. The Morgan fingerprint density at radius 3 is 2.56 bits per heavy atom. The Labute approximate surface area is 88.0 Å². The van der Waals surface area contributed by atoms with Gasteiger partial charge in [-0.05, 0) is 6.07 Å². The van der Waals surface area contributed by atoms with Crippen LogP contribution in [-0.4, -0.2) is 24.4 Å². The second kappa shape index (κ2) is 4.25. The molecule has 1 rings (SSSR count). The molecule has 0 aliphatic heterocycles. The maximum Gasteiger partial charge on any atom is 0.574 e. The lowest BCUT2D eigenvalue weighted by molar-refractivity contribution is -0.275. The van der Waals surface area contributed by atoms with Crippen molar-refractivity contribution in [2.45, 2.75) is 6.36 Å². The molecule has 0 amide bonds. The summed E-state index contributed by atoms with van der Waals surface area (Å²) in [6, 6.07) is 0.986. The summed E-state index contributed by atoms with van der Waals surface area (Å²) in [6.45, 7) is 0. The van der Waals surface area contributed by atoms with Crippen LogP contribution in [0.15, 0.2) is 12.3 Å². The number of rotatable bonds is 2. The fraction of sp³-hybridized carbons (Fsp3) is 0.250. The summed E-state index contributed by atoms with van der Waals surface area (Å²) in [4.78, 5) is 14.2. The third kappa shape index (κ3) is 3.01. The molecule has 0 unspecified atom stereocenters. The zero-order valence-corrected chi connectivity index (χ0v) is 8.04. The van der Waals surface area contributed by atoms with E-state index in [9.17, 15) is 18.0 Å². The van der Waals surface area contributed by atoms with E-state index in [2.05, 4.69) is 14.5 Å². The predicted molar refractivity (Wildman–Crippen MR) is 46.7 cm³/mol. The lowest BCUT2D eigenvalue weighted by Gasteiger charge is -2.10. The zero-order valence-electron chi connectivity index (χ0n) is 8.04. The minimum atomic E-state index is -4.88. The van der Waals surface area contributed by atoms with Crippen LogP contribution in [0.1, 0.15) is 10.4 Å². The first-order chi connectivity index (χ1) is 7.33. The molecule has 2 N–H and O–H groups in total. The van der Waals surface area contributed by atoms with Gasteiger partial charge in [-0.3, -0.25) is 0 Å². The van der Waals surface area contributed by atoms with Crippen molar-refractivity contribution in [3.63, 3.8) is 0 Å². The number of methoxy groups -OCH3 is 1. The maximum absolute atomic E-state index is 11.8. The van der Waals surface area contributed by atoms with Crippen molar-refractivity contribution in [1.82, 2.24) is 4.98 Å². The SMILES string of the molecule is COC(=O)c1cnc(OC(F)(F)F)c(N)c1. The van der Waals surface area contributed by atoms with Gasteiger partial charge in [0.1, 0.15) is 0 Å². The number of esters is 1. The third-order valence-electron chi connectivity index (χ3n) is 1.51. The van der Waals surface area contributed by atoms with Crippen LogP contribution in [0.2, 0.25) is 0 Å². The zero-order chi connectivity index (χ0) is 12.3. The number of ether oxygens (including phenoxy) is 2. The van der Waals surface area contributed by atoms with Crippen molar-refractivity contribution in [3.05, 3.63) is 17.8 Å². The van der Waals surface area contributed by atoms with Crippen molar-refractivity contribution in [2.75, 3.05) is 12.8 Å². The Hall–Kier alpha value is -1.99. The van der Waals surface area contributed by atoms with Crippen molar-refractivity contribution >= 4 is 11.7 Å². The van der Waals surface area contributed by atoms with Crippen LogP contribution in [0.4, 0.5) is 18.9 Å². The number of anilines is 1. The van der Waals surface area contributed by atoms with Crippen molar-refractivity contribution in [2.24, 2.45) is 0 Å². The number of carbonyl (C=O) groups is 1. The lowest BCUT2D eigenvalue weighted by atomic mass is 10.2. The van der Waals surface area contributed by atoms with Gasteiger partial charge in [0.15, 0.2) is 0 Å². The highest BCUT2D eigenvalue weighted by atomic mass is 19.4. The normalized spacial score (nSPS) is 11.0. The fourth-order valence-electron chi connectivity index (χ4n) is 0.894. The van der Waals surface area contributed by atoms with Gasteiger partial charge < -0.3 is 15.2 Å². The molecule has 0 aliphatic rings. The molecule has 0 fully saturated rings. The highest BCUT2D eigenvalue weighted by Gasteiger charge is 2.32. The van der Waals surface area contributed by atoms with Crippen LogP contribution >= 0.6 is 0 Å². The topological polar surface area (TPSA) is 74.4 Å². The molecule has 1 aromatic rings. The Morgan fingerprint density at radius 2 is 2.12 bits per heavy atom. The number of pyridine rings is 1. The van der Waals surface area contributed by atoms with Crippen molar-refractivity contribution < 1.29 is 27.4 Å². The quantitative estimate of drug-likeness (QED) is 0.784. The van der Waals surface area contributed by atoms with Crippen molar-refractivity contribution in [1.29, 1.82) is 0 Å². The Kier molecular flexibility index (Phi) is 3.21. The minimum Gasteiger partial charge on any atom is -0.465 e. The van der Waals surface area contributed by atoms with E-state index in [-0.39, 0.29) is 5.56 Å².